The van der Waals surface area contributed by atoms with Gasteiger partial charge in [-0.2, -0.15) is 0 Å². The third kappa shape index (κ3) is 1.93. The lowest BCUT2D eigenvalue weighted by Gasteiger charge is -2.33. The second-order valence-electron chi connectivity index (χ2n) is 3.87. The van der Waals surface area contributed by atoms with Gasteiger partial charge in [-0.1, -0.05) is 11.6 Å². The van der Waals surface area contributed by atoms with E-state index in [1.54, 1.807) is 0 Å². The molecule has 0 saturated heterocycles. The molecule has 1 heterocycles. The molecule has 4 heteroatoms. The predicted molar refractivity (Wildman–Crippen MR) is 64.4 cm³/mol. The van der Waals surface area contributed by atoms with Crippen molar-refractivity contribution >= 4 is 34.2 Å². The monoisotopic (exact) mass is 324 g/mol. The van der Waals surface area contributed by atoms with Crippen LogP contribution in [0.2, 0.25) is 5.02 Å². The van der Waals surface area contributed by atoms with Crippen molar-refractivity contribution in [2.24, 2.45) is 0 Å². The van der Waals surface area contributed by atoms with Crippen molar-refractivity contribution < 1.29 is 9.47 Å². The molecule has 76 valence electrons. The van der Waals surface area contributed by atoms with Crippen LogP contribution in [-0.4, -0.2) is 12.2 Å². The maximum atomic E-state index is 6.06. The molecule has 0 unspecified atom stereocenters. The first-order valence-electron chi connectivity index (χ1n) is 4.29. The summed E-state index contributed by atoms with van der Waals surface area (Å²) in [6.07, 6.45) is 0. The van der Waals surface area contributed by atoms with E-state index in [9.17, 15) is 0 Å². The molecule has 1 aliphatic heterocycles. The standard InChI is InChI=1S/C10H10ClIO2/c1-10(2)5-13-8-4-6(12)3-7(11)9(8)14-10/h3-4H,5H2,1-2H3. The molecule has 0 amide bonds. The summed E-state index contributed by atoms with van der Waals surface area (Å²) in [5.74, 6) is 1.39. The molecule has 1 aromatic carbocycles. The summed E-state index contributed by atoms with van der Waals surface area (Å²) in [6, 6.07) is 3.79. The lowest BCUT2D eigenvalue weighted by molar-refractivity contribution is 0.0213. The first-order valence-corrected chi connectivity index (χ1v) is 5.74. The summed E-state index contributed by atoms with van der Waals surface area (Å²) in [7, 11) is 0. The lowest BCUT2D eigenvalue weighted by atomic mass is 10.1. The molecular formula is C10H10ClIO2. The van der Waals surface area contributed by atoms with Gasteiger partial charge in [0.2, 0.25) is 0 Å². The van der Waals surface area contributed by atoms with E-state index in [0.29, 0.717) is 17.4 Å². The Hall–Kier alpha value is -0.160. The average Bonchev–Trinajstić information content (AvgIpc) is 2.06. The Balaban J connectivity index is 2.47. The fourth-order valence-electron chi connectivity index (χ4n) is 1.30. The molecule has 1 aliphatic rings. The fourth-order valence-corrected chi connectivity index (χ4v) is 2.33. The average molecular weight is 325 g/mol. The Morgan fingerprint density at radius 1 is 1.43 bits per heavy atom. The van der Waals surface area contributed by atoms with E-state index >= 15 is 0 Å². The summed E-state index contributed by atoms with van der Waals surface area (Å²) >= 11 is 8.27. The number of hydrogen-bond acceptors (Lipinski definition) is 2. The summed E-state index contributed by atoms with van der Waals surface area (Å²) in [5.41, 5.74) is -0.302. The highest BCUT2D eigenvalue weighted by molar-refractivity contribution is 14.1. The van der Waals surface area contributed by atoms with Crippen molar-refractivity contribution in [2.45, 2.75) is 19.4 Å². The molecule has 14 heavy (non-hydrogen) atoms. The van der Waals surface area contributed by atoms with E-state index in [2.05, 4.69) is 22.6 Å². The first kappa shape index (κ1) is 10.4. The van der Waals surface area contributed by atoms with Crippen LogP contribution in [0.1, 0.15) is 13.8 Å². The third-order valence-corrected chi connectivity index (χ3v) is 2.83. The normalized spacial score (nSPS) is 18.0. The van der Waals surface area contributed by atoms with E-state index in [4.69, 9.17) is 21.1 Å². The maximum absolute atomic E-state index is 6.06. The second kappa shape index (κ2) is 3.45. The van der Waals surface area contributed by atoms with Crippen LogP contribution in [0, 0.1) is 3.57 Å². The van der Waals surface area contributed by atoms with Crippen molar-refractivity contribution in [2.75, 3.05) is 6.61 Å². The second-order valence-corrected chi connectivity index (χ2v) is 5.52. The van der Waals surface area contributed by atoms with E-state index in [-0.39, 0.29) is 5.60 Å². The molecule has 2 rings (SSSR count). The SMILES string of the molecule is CC1(C)COc2cc(I)cc(Cl)c2O1. The minimum atomic E-state index is -0.302. The predicted octanol–water partition coefficient (Wildman–Crippen LogP) is 3.49. The van der Waals surface area contributed by atoms with E-state index in [1.807, 2.05) is 26.0 Å². The molecular weight excluding hydrogens is 314 g/mol. The zero-order chi connectivity index (χ0) is 10.3. The van der Waals surface area contributed by atoms with E-state index in [1.165, 1.54) is 0 Å². The quantitative estimate of drug-likeness (QED) is 0.680. The Labute approximate surface area is 102 Å². The zero-order valence-corrected chi connectivity index (χ0v) is 10.8. The number of halogens is 2. The molecule has 0 N–H and O–H groups in total. The van der Waals surface area contributed by atoms with E-state index < -0.39 is 0 Å². The van der Waals surface area contributed by atoms with Crippen molar-refractivity contribution in [3.63, 3.8) is 0 Å². The van der Waals surface area contributed by atoms with Gasteiger partial charge >= 0.3 is 0 Å². The topological polar surface area (TPSA) is 18.5 Å². The molecule has 1 aromatic rings. The highest BCUT2D eigenvalue weighted by atomic mass is 127. The fraction of sp³-hybridized carbons (Fsp3) is 0.400. The Kier molecular flexibility index (Phi) is 2.55. The van der Waals surface area contributed by atoms with Gasteiger partial charge in [0.25, 0.3) is 0 Å². The number of benzene rings is 1. The van der Waals surface area contributed by atoms with Crippen molar-refractivity contribution in [3.05, 3.63) is 20.7 Å². The van der Waals surface area contributed by atoms with Gasteiger partial charge in [0.05, 0.1) is 5.02 Å². The number of fused-ring (bicyclic) bond motifs is 1. The molecule has 0 aromatic heterocycles. The number of hydrogen-bond donors (Lipinski definition) is 0. The highest BCUT2D eigenvalue weighted by Crippen LogP contribution is 2.41. The molecule has 0 atom stereocenters. The van der Waals surface area contributed by atoms with Crippen molar-refractivity contribution in [1.82, 2.24) is 0 Å². The summed E-state index contributed by atoms with van der Waals surface area (Å²) in [6.45, 7) is 4.50. The molecule has 0 radical (unpaired) electrons. The molecule has 0 fully saturated rings. The highest BCUT2D eigenvalue weighted by Gasteiger charge is 2.29. The van der Waals surface area contributed by atoms with Gasteiger partial charge in [-0.3, -0.25) is 0 Å². The van der Waals surface area contributed by atoms with Gasteiger partial charge in [-0.25, -0.2) is 0 Å². The minimum absolute atomic E-state index is 0.302. The molecule has 0 bridgehead atoms. The van der Waals surface area contributed by atoms with Gasteiger partial charge in [-0.05, 0) is 48.6 Å². The smallest absolute Gasteiger partial charge is 0.180 e. The number of ether oxygens (including phenoxy) is 2. The van der Waals surface area contributed by atoms with Crippen LogP contribution >= 0.6 is 34.2 Å². The van der Waals surface area contributed by atoms with Crippen LogP contribution in [0.15, 0.2) is 12.1 Å². The van der Waals surface area contributed by atoms with Crippen LogP contribution in [0.25, 0.3) is 0 Å². The molecule has 0 saturated carbocycles. The third-order valence-electron chi connectivity index (χ3n) is 1.93. The summed E-state index contributed by atoms with van der Waals surface area (Å²) in [5, 5.41) is 0.611. The Bertz CT molecular complexity index is 377. The van der Waals surface area contributed by atoms with Gasteiger partial charge in [0.1, 0.15) is 12.2 Å². The summed E-state index contributed by atoms with van der Waals surface area (Å²) in [4.78, 5) is 0. The molecule has 0 aliphatic carbocycles. The van der Waals surface area contributed by atoms with Gasteiger partial charge < -0.3 is 9.47 Å². The van der Waals surface area contributed by atoms with Gasteiger partial charge in [0, 0.05) is 3.57 Å². The van der Waals surface area contributed by atoms with Crippen LogP contribution in [0.5, 0.6) is 11.5 Å². The van der Waals surface area contributed by atoms with Gasteiger partial charge in [0.15, 0.2) is 11.5 Å². The zero-order valence-electron chi connectivity index (χ0n) is 7.93. The van der Waals surface area contributed by atoms with Crippen molar-refractivity contribution in [3.8, 4) is 11.5 Å². The lowest BCUT2D eigenvalue weighted by Crippen LogP contribution is -2.38. The minimum Gasteiger partial charge on any atom is -0.485 e. The molecule has 2 nitrogen and oxygen atoms in total. The van der Waals surface area contributed by atoms with Crippen LogP contribution < -0.4 is 9.47 Å². The summed E-state index contributed by atoms with van der Waals surface area (Å²) < 4.78 is 12.4. The van der Waals surface area contributed by atoms with Crippen LogP contribution in [-0.2, 0) is 0 Å². The van der Waals surface area contributed by atoms with Crippen LogP contribution in [0.4, 0.5) is 0 Å². The van der Waals surface area contributed by atoms with E-state index in [0.717, 1.165) is 9.32 Å². The maximum Gasteiger partial charge on any atom is 0.180 e. The largest absolute Gasteiger partial charge is 0.485 e. The molecule has 0 spiro atoms. The number of rotatable bonds is 0. The first-order chi connectivity index (χ1) is 6.48. The van der Waals surface area contributed by atoms with Crippen molar-refractivity contribution in [1.29, 1.82) is 0 Å². The Morgan fingerprint density at radius 3 is 2.86 bits per heavy atom. The Morgan fingerprint density at radius 2 is 2.14 bits per heavy atom. The van der Waals surface area contributed by atoms with Gasteiger partial charge in [-0.15, -0.1) is 0 Å². The van der Waals surface area contributed by atoms with Crippen LogP contribution in [0.3, 0.4) is 0 Å².